The lowest BCUT2D eigenvalue weighted by atomic mass is 10.1. The van der Waals surface area contributed by atoms with E-state index in [1.54, 1.807) is 18.2 Å². The Morgan fingerprint density at radius 1 is 1.10 bits per heavy atom. The first-order chi connectivity index (χ1) is 14.2. The van der Waals surface area contributed by atoms with Crippen molar-refractivity contribution in [3.05, 3.63) is 42.0 Å². The zero-order chi connectivity index (χ0) is 21.9. The zero-order valence-electron chi connectivity index (χ0n) is 16.3. The fourth-order valence-corrected chi connectivity index (χ4v) is 4.17. The number of fused-ring (bicyclic) bond motifs is 1. The van der Waals surface area contributed by atoms with Crippen LogP contribution in [0.5, 0.6) is 17.2 Å². The number of carbonyl (C=O) groups is 1. The first kappa shape index (κ1) is 21.6. The van der Waals surface area contributed by atoms with Gasteiger partial charge in [-0.1, -0.05) is 11.3 Å². The van der Waals surface area contributed by atoms with E-state index >= 15 is 0 Å². The standard InChI is InChI=1S/C19H19N3O6S2/c1-26-14-8-11(9-15(27-2)18(14)28-3)4-7-17(23)22-19-21-13-6-5-12(30(20,24)25)10-16(13)29-19/h4-10H,1-3H3,(H2,20,24,25)(H,21,22,23). The monoisotopic (exact) mass is 449 g/mol. The molecule has 0 saturated carbocycles. The molecule has 3 aromatic rings. The maximum Gasteiger partial charge on any atom is 0.250 e. The van der Waals surface area contributed by atoms with Gasteiger partial charge in [0.25, 0.3) is 0 Å². The maximum absolute atomic E-state index is 12.3. The number of thiazole rings is 1. The lowest BCUT2D eigenvalue weighted by Gasteiger charge is -2.12. The van der Waals surface area contributed by atoms with Gasteiger partial charge < -0.3 is 14.2 Å². The molecule has 0 spiro atoms. The molecule has 9 nitrogen and oxygen atoms in total. The smallest absolute Gasteiger partial charge is 0.250 e. The van der Waals surface area contributed by atoms with Crippen LogP contribution in [-0.4, -0.2) is 40.6 Å². The van der Waals surface area contributed by atoms with Gasteiger partial charge in [-0.3, -0.25) is 10.1 Å². The molecule has 0 aliphatic heterocycles. The highest BCUT2D eigenvalue weighted by atomic mass is 32.2. The highest BCUT2D eigenvalue weighted by Crippen LogP contribution is 2.38. The Bertz CT molecular complexity index is 1210. The van der Waals surface area contributed by atoms with Gasteiger partial charge in [0.2, 0.25) is 21.7 Å². The van der Waals surface area contributed by atoms with E-state index in [2.05, 4.69) is 10.3 Å². The van der Waals surface area contributed by atoms with Crippen LogP contribution in [0.2, 0.25) is 0 Å². The summed E-state index contributed by atoms with van der Waals surface area (Å²) in [6, 6.07) is 7.74. The molecule has 0 saturated heterocycles. The summed E-state index contributed by atoms with van der Waals surface area (Å²) in [5, 5.41) is 8.12. The molecule has 158 valence electrons. The molecule has 0 aliphatic rings. The number of anilines is 1. The van der Waals surface area contributed by atoms with Crippen LogP contribution in [0.4, 0.5) is 5.13 Å². The van der Waals surface area contributed by atoms with Gasteiger partial charge in [0.1, 0.15) is 0 Å². The number of nitrogens with one attached hydrogen (secondary N) is 1. The number of hydrogen-bond donors (Lipinski definition) is 2. The maximum atomic E-state index is 12.3. The molecule has 1 aromatic heterocycles. The minimum atomic E-state index is -3.81. The van der Waals surface area contributed by atoms with Crippen LogP contribution in [0.1, 0.15) is 5.56 Å². The number of carbonyl (C=O) groups excluding carboxylic acids is 1. The Balaban J connectivity index is 1.79. The predicted molar refractivity (Wildman–Crippen MR) is 115 cm³/mol. The Kier molecular flexibility index (Phi) is 6.25. The number of nitrogens with two attached hydrogens (primary N) is 1. The summed E-state index contributed by atoms with van der Waals surface area (Å²) in [5.74, 6) is 0.979. The summed E-state index contributed by atoms with van der Waals surface area (Å²) in [5.41, 5.74) is 1.22. The number of amides is 1. The SMILES string of the molecule is COc1cc(C=CC(=O)Nc2nc3ccc(S(N)(=O)=O)cc3s2)cc(OC)c1OC. The van der Waals surface area contributed by atoms with Gasteiger partial charge in [0.05, 0.1) is 36.4 Å². The number of benzene rings is 2. The summed E-state index contributed by atoms with van der Waals surface area (Å²) < 4.78 is 39.4. The largest absolute Gasteiger partial charge is 0.493 e. The summed E-state index contributed by atoms with van der Waals surface area (Å²) in [7, 11) is 0.706. The summed E-state index contributed by atoms with van der Waals surface area (Å²) >= 11 is 1.14. The van der Waals surface area contributed by atoms with Crippen LogP contribution in [0, 0.1) is 0 Å². The number of primary sulfonamides is 1. The van der Waals surface area contributed by atoms with Gasteiger partial charge in [0, 0.05) is 6.08 Å². The minimum absolute atomic E-state index is 0.0150. The number of nitrogens with zero attached hydrogens (tertiary/aromatic N) is 1. The third-order valence-corrected chi connectivity index (χ3v) is 5.88. The van der Waals surface area contributed by atoms with E-state index in [9.17, 15) is 13.2 Å². The first-order valence-corrected chi connectivity index (χ1v) is 10.8. The quantitative estimate of drug-likeness (QED) is 0.530. The third kappa shape index (κ3) is 4.70. The summed E-state index contributed by atoms with van der Waals surface area (Å²) in [4.78, 5) is 16.5. The number of hydrogen-bond acceptors (Lipinski definition) is 8. The van der Waals surface area contributed by atoms with E-state index < -0.39 is 15.9 Å². The summed E-state index contributed by atoms with van der Waals surface area (Å²) in [6.07, 6.45) is 2.93. The van der Waals surface area contributed by atoms with E-state index in [1.165, 1.54) is 45.6 Å². The van der Waals surface area contributed by atoms with E-state index in [0.717, 1.165) is 11.3 Å². The van der Waals surface area contributed by atoms with Crippen molar-refractivity contribution in [2.75, 3.05) is 26.6 Å². The molecule has 0 aliphatic carbocycles. The van der Waals surface area contributed by atoms with Crippen LogP contribution in [-0.2, 0) is 14.8 Å². The van der Waals surface area contributed by atoms with Gasteiger partial charge >= 0.3 is 0 Å². The zero-order valence-corrected chi connectivity index (χ0v) is 18.0. The first-order valence-electron chi connectivity index (χ1n) is 8.47. The molecule has 2 aromatic carbocycles. The second-order valence-electron chi connectivity index (χ2n) is 5.97. The highest BCUT2D eigenvalue weighted by Gasteiger charge is 2.13. The lowest BCUT2D eigenvalue weighted by Crippen LogP contribution is -2.11. The Labute approximate surface area is 177 Å². The Morgan fingerprint density at radius 2 is 1.77 bits per heavy atom. The fraction of sp³-hybridized carbons (Fsp3) is 0.158. The summed E-state index contributed by atoms with van der Waals surface area (Å²) in [6.45, 7) is 0. The van der Waals surface area contributed by atoms with Crippen molar-refractivity contribution in [1.29, 1.82) is 0 Å². The molecule has 0 atom stereocenters. The average Bonchev–Trinajstić information content (AvgIpc) is 3.11. The number of methoxy groups -OCH3 is 3. The lowest BCUT2D eigenvalue weighted by molar-refractivity contribution is -0.111. The molecular weight excluding hydrogens is 430 g/mol. The van der Waals surface area contributed by atoms with Gasteiger partial charge in [-0.25, -0.2) is 18.5 Å². The normalized spacial score (nSPS) is 11.6. The molecule has 11 heteroatoms. The van der Waals surface area contributed by atoms with Crippen molar-refractivity contribution in [3.63, 3.8) is 0 Å². The van der Waals surface area contributed by atoms with Crippen LogP contribution >= 0.6 is 11.3 Å². The number of aromatic nitrogens is 1. The topological polar surface area (TPSA) is 130 Å². The number of sulfonamides is 1. The Morgan fingerprint density at radius 3 is 2.33 bits per heavy atom. The van der Waals surface area contributed by atoms with Gasteiger partial charge in [0.15, 0.2) is 16.6 Å². The molecule has 3 N–H and O–H groups in total. The molecule has 3 rings (SSSR count). The highest BCUT2D eigenvalue weighted by molar-refractivity contribution is 7.89. The van der Waals surface area contributed by atoms with E-state index in [4.69, 9.17) is 19.3 Å². The third-order valence-electron chi connectivity index (χ3n) is 4.03. The second kappa shape index (κ2) is 8.69. The van der Waals surface area contributed by atoms with Crippen molar-refractivity contribution < 1.29 is 27.4 Å². The van der Waals surface area contributed by atoms with Gasteiger partial charge in [-0.2, -0.15) is 0 Å². The van der Waals surface area contributed by atoms with Crippen molar-refractivity contribution in [2.45, 2.75) is 4.90 Å². The molecular formula is C19H19N3O6S2. The number of ether oxygens (including phenoxy) is 3. The average molecular weight is 450 g/mol. The van der Waals surface area contributed by atoms with E-state index in [0.29, 0.717) is 38.2 Å². The molecule has 1 amide bonds. The van der Waals surface area contributed by atoms with Gasteiger partial charge in [-0.15, -0.1) is 0 Å². The molecule has 0 fully saturated rings. The number of rotatable bonds is 7. The van der Waals surface area contributed by atoms with Crippen LogP contribution in [0.15, 0.2) is 41.3 Å². The van der Waals surface area contributed by atoms with Crippen LogP contribution in [0.3, 0.4) is 0 Å². The van der Waals surface area contributed by atoms with Crippen molar-refractivity contribution in [1.82, 2.24) is 4.98 Å². The molecule has 0 radical (unpaired) electrons. The fourth-order valence-electron chi connectivity index (χ4n) is 2.65. The van der Waals surface area contributed by atoms with Crippen molar-refractivity contribution in [2.24, 2.45) is 5.14 Å². The van der Waals surface area contributed by atoms with E-state index in [1.807, 2.05) is 0 Å². The van der Waals surface area contributed by atoms with Crippen molar-refractivity contribution in [3.8, 4) is 17.2 Å². The van der Waals surface area contributed by atoms with Crippen molar-refractivity contribution >= 4 is 48.7 Å². The van der Waals surface area contributed by atoms with Crippen LogP contribution < -0.4 is 24.7 Å². The van der Waals surface area contributed by atoms with Crippen LogP contribution in [0.25, 0.3) is 16.3 Å². The molecule has 30 heavy (non-hydrogen) atoms. The molecule has 0 unspecified atom stereocenters. The Hall–Kier alpha value is -3.15. The van der Waals surface area contributed by atoms with E-state index in [-0.39, 0.29) is 4.90 Å². The predicted octanol–water partition coefficient (Wildman–Crippen LogP) is 2.62. The van der Waals surface area contributed by atoms with Gasteiger partial charge in [-0.05, 0) is 42.0 Å². The molecule has 0 bridgehead atoms. The minimum Gasteiger partial charge on any atom is -0.493 e. The molecule has 1 heterocycles. The second-order valence-corrected chi connectivity index (χ2v) is 8.57.